The smallest absolute Gasteiger partial charge is 0.152 e. The maximum atomic E-state index is 10.8. The highest BCUT2D eigenvalue weighted by atomic mass is 16.1. The Bertz CT molecular complexity index is 508. The zero-order valence-corrected chi connectivity index (χ0v) is 9.32. The summed E-state index contributed by atoms with van der Waals surface area (Å²) in [5.41, 5.74) is 3.20. The van der Waals surface area contributed by atoms with Gasteiger partial charge in [-0.15, -0.1) is 0 Å². The SMILES string of the molecule is CC(C)c1ccc2c(C=O)cn(C)c2c1. The Hall–Kier alpha value is -1.57. The van der Waals surface area contributed by atoms with Gasteiger partial charge in [-0.05, 0) is 17.5 Å². The van der Waals surface area contributed by atoms with Gasteiger partial charge in [0.2, 0.25) is 0 Å². The molecule has 0 bridgehead atoms. The molecule has 2 aromatic rings. The molecule has 1 heterocycles. The third kappa shape index (κ3) is 1.56. The Morgan fingerprint density at radius 2 is 2.07 bits per heavy atom. The van der Waals surface area contributed by atoms with E-state index in [1.807, 2.05) is 23.9 Å². The van der Waals surface area contributed by atoms with Crippen molar-refractivity contribution in [3.63, 3.8) is 0 Å². The molecule has 15 heavy (non-hydrogen) atoms. The number of hydrogen-bond donors (Lipinski definition) is 0. The monoisotopic (exact) mass is 201 g/mol. The third-order valence-corrected chi connectivity index (χ3v) is 2.84. The first-order valence-electron chi connectivity index (χ1n) is 5.17. The average molecular weight is 201 g/mol. The molecule has 78 valence electrons. The number of carbonyl (C=O) groups is 1. The highest BCUT2D eigenvalue weighted by Crippen LogP contribution is 2.24. The lowest BCUT2D eigenvalue weighted by Crippen LogP contribution is -1.89. The molecule has 0 amide bonds. The number of rotatable bonds is 2. The molecule has 2 nitrogen and oxygen atoms in total. The van der Waals surface area contributed by atoms with Crippen molar-refractivity contribution in [2.45, 2.75) is 19.8 Å². The number of fused-ring (bicyclic) bond motifs is 1. The first kappa shape index (κ1) is 9.97. The number of nitrogens with zero attached hydrogens (tertiary/aromatic N) is 1. The van der Waals surface area contributed by atoms with Crippen molar-refractivity contribution in [2.75, 3.05) is 0 Å². The molecule has 0 aliphatic carbocycles. The number of hydrogen-bond acceptors (Lipinski definition) is 1. The standard InChI is InChI=1S/C13H15NO/c1-9(2)10-4-5-12-11(8-15)7-14(3)13(12)6-10/h4-9H,1-3H3. The van der Waals surface area contributed by atoms with Crippen LogP contribution in [0, 0.1) is 0 Å². The van der Waals surface area contributed by atoms with Crippen LogP contribution in [0.4, 0.5) is 0 Å². The van der Waals surface area contributed by atoms with Crippen molar-refractivity contribution in [1.82, 2.24) is 4.57 Å². The molecular formula is C13H15NO. The second kappa shape index (κ2) is 3.54. The number of carbonyl (C=O) groups excluding carboxylic acids is 1. The highest BCUT2D eigenvalue weighted by molar-refractivity contribution is 5.97. The fraction of sp³-hybridized carbons (Fsp3) is 0.308. The lowest BCUT2D eigenvalue weighted by molar-refractivity contribution is 0.112. The van der Waals surface area contributed by atoms with Crippen LogP contribution in [0.5, 0.6) is 0 Å². The van der Waals surface area contributed by atoms with Gasteiger partial charge in [0.25, 0.3) is 0 Å². The van der Waals surface area contributed by atoms with Crippen molar-refractivity contribution in [3.8, 4) is 0 Å². The molecular weight excluding hydrogens is 186 g/mol. The molecule has 0 radical (unpaired) electrons. The minimum Gasteiger partial charge on any atom is -0.350 e. The van der Waals surface area contributed by atoms with Crippen LogP contribution >= 0.6 is 0 Å². The van der Waals surface area contributed by atoms with Gasteiger partial charge in [-0.3, -0.25) is 4.79 Å². The molecule has 0 saturated carbocycles. The lowest BCUT2D eigenvalue weighted by atomic mass is 10.0. The first-order valence-corrected chi connectivity index (χ1v) is 5.17. The summed E-state index contributed by atoms with van der Waals surface area (Å²) >= 11 is 0. The zero-order valence-electron chi connectivity index (χ0n) is 9.32. The second-order valence-electron chi connectivity index (χ2n) is 4.24. The number of aromatic nitrogens is 1. The van der Waals surface area contributed by atoms with E-state index in [4.69, 9.17) is 0 Å². The molecule has 2 heteroatoms. The highest BCUT2D eigenvalue weighted by Gasteiger charge is 2.07. The molecule has 0 aliphatic rings. The molecule has 0 atom stereocenters. The van der Waals surface area contributed by atoms with Crippen LogP contribution in [-0.4, -0.2) is 10.9 Å². The molecule has 0 spiro atoms. The molecule has 0 unspecified atom stereocenters. The molecule has 1 aromatic heterocycles. The zero-order chi connectivity index (χ0) is 11.0. The van der Waals surface area contributed by atoms with Gasteiger partial charge in [-0.25, -0.2) is 0 Å². The van der Waals surface area contributed by atoms with Crippen molar-refractivity contribution in [3.05, 3.63) is 35.5 Å². The van der Waals surface area contributed by atoms with E-state index in [9.17, 15) is 4.79 Å². The maximum Gasteiger partial charge on any atom is 0.152 e. The van der Waals surface area contributed by atoms with Gasteiger partial charge in [-0.2, -0.15) is 0 Å². The Morgan fingerprint density at radius 3 is 2.67 bits per heavy atom. The maximum absolute atomic E-state index is 10.8. The van der Waals surface area contributed by atoms with Gasteiger partial charge >= 0.3 is 0 Å². The molecule has 0 N–H and O–H groups in total. The second-order valence-corrected chi connectivity index (χ2v) is 4.24. The normalized spacial score (nSPS) is 11.2. The summed E-state index contributed by atoms with van der Waals surface area (Å²) in [6.45, 7) is 4.34. The summed E-state index contributed by atoms with van der Waals surface area (Å²) < 4.78 is 2.00. The topological polar surface area (TPSA) is 22.0 Å². The van der Waals surface area contributed by atoms with Crippen LogP contribution in [0.3, 0.4) is 0 Å². The fourth-order valence-corrected chi connectivity index (χ4v) is 1.89. The van der Waals surface area contributed by atoms with Crippen LogP contribution in [0.25, 0.3) is 10.9 Å². The van der Waals surface area contributed by atoms with Crippen LogP contribution in [0.1, 0.15) is 35.7 Å². The fourth-order valence-electron chi connectivity index (χ4n) is 1.89. The van der Waals surface area contributed by atoms with Crippen LogP contribution < -0.4 is 0 Å². The van der Waals surface area contributed by atoms with Crippen molar-refractivity contribution < 1.29 is 4.79 Å². The quantitative estimate of drug-likeness (QED) is 0.684. The van der Waals surface area contributed by atoms with Crippen molar-refractivity contribution in [1.29, 1.82) is 0 Å². The van der Waals surface area contributed by atoms with E-state index >= 15 is 0 Å². The van der Waals surface area contributed by atoms with E-state index < -0.39 is 0 Å². The summed E-state index contributed by atoms with van der Waals surface area (Å²) in [6.07, 6.45) is 2.79. The van der Waals surface area contributed by atoms with Crippen molar-refractivity contribution >= 4 is 17.2 Å². The van der Waals surface area contributed by atoms with Crippen molar-refractivity contribution in [2.24, 2.45) is 7.05 Å². The molecule has 0 saturated heterocycles. The van der Waals surface area contributed by atoms with Gasteiger partial charge in [-0.1, -0.05) is 26.0 Å². The van der Waals surface area contributed by atoms with Gasteiger partial charge in [0, 0.05) is 29.7 Å². The molecule has 0 fully saturated rings. The molecule has 2 rings (SSSR count). The minimum atomic E-state index is 0.518. The summed E-state index contributed by atoms with van der Waals surface area (Å²) in [5.74, 6) is 0.518. The number of aryl methyl sites for hydroxylation is 1. The minimum absolute atomic E-state index is 0.518. The van der Waals surface area contributed by atoms with Gasteiger partial charge in [0.05, 0.1) is 0 Å². The Labute approximate surface area is 89.5 Å². The summed E-state index contributed by atoms with van der Waals surface area (Å²) in [5, 5.41) is 1.04. The summed E-state index contributed by atoms with van der Waals surface area (Å²) in [6, 6.07) is 6.29. The summed E-state index contributed by atoms with van der Waals surface area (Å²) in [7, 11) is 1.97. The van der Waals surface area contributed by atoms with E-state index in [1.54, 1.807) is 0 Å². The predicted octanol–water partition coefficient (Wildman–Crippen LogP) is 3.11. The Balaban J connectivity index is 2.72. The van der Waals surface area contributed by atoms with E-state index in [2.05, 4.69) is 26.0 Å². The third-order valence-electron chi connectivity index (χ3n) is 2.84. The van der Waals surface area contributed by atoms with Gasteiger partial charge in [0.1, 0.15) is 0 Å². The largest absolute Gasteiger partial charge is 0.350 e. The number of benzene rings is 1. The van der Waals surface area contributed by atoms with Crippen LogP contribution in [0.2, 0.25) is 0 Å². The summed E-state index contributed by atoms with van der Waals surface area (Å²) in [4.78, 5) is 10.8. The van der Waals surface area contributed by atoms with E-state index in [1.165, 1.54) is 5.56 Å². The van der Waals surface area contributed by atoms with E-state index in [-0.39, 0.29) is 0 Å². The lowest BCUT2D eigenvalue weighted by Gasteiger charge is -2.05. The molecule has 0 aliphatic heterocycles. The van der Waals surface area contributed by atoms with Gasteiger partial charge in [0.15, 0.2) is 6.29 Å². The van der Waals surface area contributed by atoms with Crippen LogP contribution in [0.15, 0.2) is 24.4 Å². The van der Waals surface area contributed by atoms with Crippen LogP contribution in [-0.2, 0) is 7.05 Å². The Kier molecular flexibility index (Phi) is 2.35. The number of aldehydes is 1. The Morgan fingerprint density at radius 1 is 1.33 bits per heavy atom. The van der Waals surface area contributed by atoms with E-state index in [0.717, 1.165) is 22.8 Å². The average Bonchev–Trinajstić information content (AvgIpc) is 2.55. The van der Waals surface area contributed by atoms with E-state index in [0.29, 0.717) is 5.92 Å². The van der Waals surface area contributed by atoms with Gasteiger partial charge < -0.3 is 4.57 Å². The first-order chi connectivity index (χ1) is 7.13. The molecule has 1 aromatic carbocycles. The predicted molar refractivity (Wildman–Crippen MR) is 62.4 cm³/mol.